The summed E-state index contributed by atoms with van der Waals surface area (Å²) in [6.07, 6.45) is 0.749. The summed E-state index contributed by atoms with van der Waals surface area (Å²) in [6.45, 7) is 7.73. The predicted molar refractivity (Wildman–Crippen MR) is 199 cm³/mol. The average molecular weight is 733 g/mol. The molecule has 2 aliphatic rings. The Labute approximate surface area is 303 Å². The third-order valence-corrected chi connectivity index (χ3v) is 10.7. The van der Waals surface area contributed by atoms with Gasteiger partial charge in [0.25, 0.3) is 21.6 Å². The van der Waals surface area contributed by atoms with E-state index in [1.54, 1.807) is 24.3 Å². The van der Waals surface area contributed by atoms with Crippen LogP contribution in [-0.2, 0) is 21.3 Å². The van der Waals surface area contributed by atoms with Crippen molar-refractivity contribution >= 4 is 44.6 Å². The number of halogens is 1. The molecule has 6 rings (SSSR count). The highest BCUT2D eigenvalue weighted by molar-refractivity contribution is 7.90. The van der Waals surface area contributed by atoms with E-state index in [-0.39, 0.29) is 21.8 Å². The second-order valence-electron chi connectivity index (χ2n) is 12.6. The molecule has 0 aromatic heterocycles. The number of nitro groups is 1. The molecule has 0 atom stereocenters. The molecule has 0 bridgehead atoms. The quantitative estimate of drug-likeness (QED) is 0.103. The maximum Gasteiger partial charge on any atom is 0.293 e. The Morgan fingerprint density at radius 3 is 2.33 bits per heavy atom. The van der Waals surface area contributed by atoms with Crippen LogP contribution in [0, 0.1) is 10.1 Å². The molecule has 2 aliphatic heterocycles. The first-order valence-electron chi connectivity index (χ1n) is 17.0. The van der Waals surface area contributed by atoms with Crippen LogP contribution in [0.4, 0.5) is 17.1 Å². The molecule has 268 valence electrons. The maximum absolute atomic E-state index is 13.5. The molecule has 0 saturated carbocycles. The van der Waals surface area contributed by atoms with Gasteiger partial charge in [-0.25, -0.2) is 13.1 Å². The second-order valence-corrected chi connectivity index (χ2v) is 14.7. The van der Waals surface area contributed by atoms with E-state index in [0.717, 1.165) is 48.8 Å². The molecule has 14 heteroatoms. The van der Waals surface area contributed by atoms with Gasteiger partial charge in [0.1, 0.15) is 5.69 Å². The van der Waals surface area contributed by atoms with Gasteiger partial charge in [0, 0.05) is 69.1 Å². The van der Waals surface area contributed by atoms with Crippen molar-refractivity contribution in [2.45, 2.75) is 17.9 Å². The summed E-state index contributed by atoms with van der Waals surface area (Å²) in [5, 5.41) is 15.6. The molecule has 1 amide bonds. The van der Waals surface area contributed by atoms with Crippen molar-refractivity contribution in [2.75, 3.05) is 75.8 Å². The lowest BCUT2D eigenvalue weighted by Gasteiger charge is -2.37. The molecule has 12 nitrogen and oxygen atoms in total. The van der Waals surface area contributed by atoms with Crippen LogP contribution in [0.5, 0.6) is 0 Å². The smallest absolute Gasteiger partial charge is 0.293 e. The highest BCUT2D eigenvalue weighted by Gasteiger charge is 2.27. The molecule has 4 aromatic rings. The third kappa shape index (κ3) is 9.23. The average Bonchev–Trinajstić information content (AvgIpc) is 3.14. The number of amides is 1. The van der Waals surface area contributed by atoms with Crippen molar-refractivity contribution in [3.05, 3.63) is 117 Å². The Balaban J connectivity index is 1.09. The van der Waals surface area contributed by atoms with Gasteiger partial charge in [-0.2, -0.15) is 0 Å². The van der Waals surface area contributed by atoms with Gasteiger partial charge in [-0.3, -0.25) is 24.7 Å². The minimum absolute atomic E-state index is 0.198. The molecule has 0 spiro atoms. The molecule has 51 heavy (non-hydrogen) atoms. The summed E-state index contributed by atoms with van der Waals surface area (Å²) in [4.78, 5) is 31.1. The predicted octanol–water partition coefficient (Wildman–Crippen LogP) is 5.49. The number of carbonyl (C=O) groups excluding carboxylic acids is 1. The summed E-state index contributed by atoms with van der Waals surface area (Å²) < 4.78 is 34.2. The van der Waals surface area contributed by atoms with Crippen molar-refractivity contribution in [1.29, 1.82) is 0 Å². The first-order chi connectivity index (χ1) is 24.7. The fourth-order valence-electron chi connectivity index (χ4n) is 6.49. The molecule has 2 heterocycles. The van der Waals surface area contributed by atoms with E-state index in [9.17, 15) is 23.3 Å². The second kappa shape index (κ2) is 16.7. The van der Waals surface area contributed by atoms with Crippen molar-refractivity contribution in [2.24, 2.45) is 0 Å². The number of piperazine rings is 1. The van der Waals surface area contributed by atoms with Gasteiger partial charge in [-0.1, -0.05) is 60.1 Å². The van der Waals surface area contributed by atoms with Crippen LogP contribution in [-0.4, -0.2) is 94.6 Å². The fraction of sp³-hybridized carbons (Fsp3) is 0.324. The van der Waals surface area contributed by atoms with E-state index in [0.29, 0.717) is 63.2 Å². The topological polar surface area (TPSA) is 137 Å². The van der Waals surface area contributed by atoms with Gasteiger partial charge in [-0.05, 0) is 66.1 Å². The maximum atomic E-state index is 13.5. The molecule has 4 aromatic carbocycles. The van der Waals surface area contributed by atoms with E-state index in [1.807, 2.05) is 36.4 Å². The van der Waals surface area contributed by atoms with E-state index in [2.05, 4.69) is 36.9 Å². The van der Waals surface area contributed by atoms with Gasteiger partial charge in [0.2, 0.25) is 0 Å². The number of benzene rings is 4. The van der Waals surface area contributed by atoms with Crippen molar-refractivity contribution < 1.29 is 22.9 Å². The van der Waals surface area contributed by atoms with Crippen LogP contribution in [0.15, 0.2) is 95.9 Å². The van der Waals surface area contributed by atoms with Crippen molar-refractivity contribution in [3.8, 4) is 11.1 Å². The molecule has 2 N–H and O–H groups in total. The molecular formula is C37H41ClN6O6S. The van der Waals surface area contributed by atoms with E-state index < -0.39 is 20.9 Å². The van der Waals surface area contributed by atoms with Gasteiger partial charge in [-0.15, -0.1) is 0 Å². The summed E-state index contributed by atoms with van der Waals surface area (Å²) in [5.74, 6) is -0.813. The normalized spacial score (nSPS) is 15.7. The van der Waals surface area contributed by atoms with Gasteiger partial charge >= 0.3 is 0 Å². The lowest BCUT2D eigenvalue weighted by Crippen LogP contribution is -2.46. The fourth-order valence-corrected chi connectivity index (χ4v) is 7.67. The van der Waals surface area contributed by atoms with Gasteiger partial charge in [0.15, 0.2) is 0 Å². The van der Waals surface area contributed by atoms with Gasteiger partial charge in [0.05, 0.1) is 28.6 Å². The number of para-hydroxylation sites is 1. The number of anilines is 2. The summed E-state index contributed by atoms with van der Waals surface area (Å²) >= 11 is 6.39. The third-order valence-electron chi connectivity index (χ3n) is 9.18. The van der Waals surface area contributed by atoms with Crippen LogP contribution < -0.4 is 14.9 Å². The number of rotatable bonds is 13. The first-order valence-corrected chi connectivity index (χ1v) is 18.8. The summed E-state index contributed by atoms with van der Waals surface area (Å²) in [6, 6.07) is 26.6. The zero-order chi connectivity index (χ0) is 35.8. The Bertz CT molecular complexity index is 1950. The van der Waals surface area contributed by atoms with Crippen LogP contribution in [0.2, 0.25) is 5.02 Å². The Morgan fingerprint density at radius 2 is 1.59 bits per heavy atom. The molecule has 0 aliphatic carbocycles. The number of carbonyl (C=O) groups is 1. The van der Waals surface area contributed by atoms with Crippen molar-refractivity contribution in [3.63, 3.8) is 0 Å². The highest BCUT2D eigenvalue weighted by atomic mass is 35.5. The Morgan fingerprint density at radius 1 is 0.863 bits per heavy atom. The molecule has 2 fully saturated rings. The van der Waals surface area contributed by atoms with Crippen LogP contribution in [0.3, 0.4) is 0 Å². The summed E-state index contributed by atoms with van der Waals surface area (Å²) in [5.41, 5.74) is 4.01. The monoisotopic (exact) mass is 732 g/mol. The standard InChI is InChI=1S/C37H41ClN6O6S/c38-30-11-13-32(28-7-2-1-3-8-28)29(25-30)27-42-17-19-43(20-18-42)35-10-5-4-9-33(35)37(45)40-51(48,49)31-12-14-34(36(26-31)44(46)47)39-15-6-16-41-21-23-50-24-22-41/h1-5,7-14,25-26,39H,6,15-24,27H2,(H,40,45). The first kappa shape index (κ1) is 36.3. The van der Waals surface area contributed by atoms with E-state index >= 15 is 0 Å². The Kier molecular flexibility index (Phi) is 11.8. The number of nitro benzene ring substituents is 1. The van der Waals surface area contributed by atoms with Crippen molar-refractivity contribution in [1.82, 2.24) is 14.5 Å². The Hall–Kier alpha value is -4.53. The van der Waals surface area contributed by atoms with Gasteiger partial charge < -0.3 is 15.0 Å². The van der Waals surface area contributed by atoms with Crippen LogP contribution in [0.1, 0.15) is 22.3 Å². The minimum Gasteiger partial charge on any atom is -0.379 e. The minimum atomic E-state index is -4.43. The van der Waals surface area contributed by atoms with Crippen LogP contribution in [0.25, 0.3) is 11.1 Å². The zero-order valence-electron chi connectivity index (χ0n) is 28.2. The number of nitrogens with one attached hydrogen (secondary N) is 2. The molecule has 0 radical (unpaired) electrons. The highest BCUT2D eigenvalue weighted by Crippen LogP contribution is 2.30. The molecule has 0 unspecified atom stereocenters. The molecule has 2 saturated heterocycles. The van der Waals surface area contributed by atoms with Crippen LogP contribution >= 0.6 is 11.6 Å². The lowest BCUT2D eigenvalue weighted by molar-refractivity contribution is -0.384. The summed E-state index contributed by atoms with van der Waals surface area (Å²) in [7, 11) is -4.43. The number of hydrogen-bond donors (Lipinski definition) is 2. The number of sulfonamides is 1. The lowest BCUT2D eigenvalue weighted by atomic mass is 9.99. The number of morpholine rings is 1. The zero-order valence-corrected chi connectivity index (χ0v) is 29.7. The molecular weight excluding hydrogens is 692 g/mol. The number of nitrogens with zero attached hydrogens (tertiary/aromatic N) is 4. The number of ether oxygens (including phenoxy) is 1. The SMILES string of the molecule is O=C(NS(=O)(=O)c1ccc(NCCCN2CCOCC2)c([N+](=O)[O-])c1)c1ccccc1N1CCN(Cc2cc(Cl)ccc2-c2ccccc2)CC1. The van der Waals surface area contributed by atoms with E-state index in [1.165, 1.54) is 12.1 Å². The largest absolute Gasteiger partial charge is 0.379 e. The van der Waals surface area contributed by atoms with E-state index in [4.69, 9.17) is 16.3 Å². The number of hydrogen-bond acceptors (Lipinski definition) is 10.